The van der Waals surface area contributed by atoms with Crippen LogP contribution in [0.3, 0.4) is 0 Å². The zero-order valence-corrected chi connectivity index (χ0v) is 11.5. The van der Waals surface area contributed by atoms with E-state index in [0.717, 1.165) is 12.8 Å². The molecule has 1 fully saturated rings. The van der Waals surface area contributed by atoms with Gasteiger partial charge in [-0.3, -0.25) is 0 Å². The van der Waals surface area contributed by atoms with Crippen LogP contribution >= 0.6 is 0 Å². The predicted molar refractivity (Wildman–Crippen MR) is 69.5 cm³/mol. The number of aliphatic hydroxyl groups excluding tert-OH is 1. The van der Waals surface area contributed by atoms with Gasteiger partial charge in [-0.15, -0.1) is 0 Å². The van der Waals surface area contributed by atoms with Crippen LogP contribution in [-0.2, 0) is 16.6 Å². The second-order valence-electron chi connectivity index (χ2n) is 4.90. The summed E-state index contributed by atoms with van der Waals surface area (Å²) in [5.41, 5.74) is 0.715. The molecule has 0 amide bonds. The first-order valence-corrected chi connectivity index (χ1v) is 7.58. The van der Waals surface area contributed by atoms with Crippen LogP contribution in [0.4, 0.5) is 0 Å². The van der Waals surface area contributed by atoms with E-state index in [4.69, 9.17) is 5.11 Å². The largest absolute Gasteiger partial charge is 0.392 e. The fraction of sp³-hybridized carbons (Fsp3) is 0.538. The van der Waals surface area contributed by atoms with E-state index in [-0.39, 0.29) is 17.5 Å². The van der Waals surface area contributed by atoms with Crippen molar-refractivity contribution in [3.05, 3.63) is 29.8 Å². The van der Waals surface area contributed by atoms with E-state index in [1.165, 1.54) is 4.31 Å². The highest BCUT2D eigenvalue weighted by Gasteiger charge is 2.35. The normalized spacial score (nSPS) is 18.0. The molecule has 1 unspecified atom stereocenters. The molecule has 4 nitrogen and oxygen atoms in total. The van der Waals surface area contributed by atoms with Crippen molar-refractivity contribution in [3.8, 4) is 0 Å². The Morgan fingerprint density at radius 1 is 1.33 bits per heavy atom. The van der Waals surface area contributed by atoms with E-state index in [1.54, 1.807) is 31.3 Å². The van der Waals surface area contributed by atoms with Gasteiger partial charge in [0.1, 0.15) is 0 Å². The lowest BCUT2D eigenvalue weighted by Gasteiger charge is -2.24. The Kier molecular flexibility index (Phi) is 3.75. The summed E-state index contributed by atoms with van der Waals surface area (Å²) >= 11 is 0. The van der Waals surface area contributed by atoms with Gasteiger partial charge in [0.05, 0.1) is 11.5 Å². The van der Waals surface area contributed by atoms with Gasteiger partial charge < -0.3 is 5.11 Å². The van der Waals surface area contributed by atoms with Crippen molar-refractivity contribution >= 4 is 10.0 Å². The Hall–Kier alpha value is -0.910. The van der Waals surface area contributed by atoms with Crippen LogP contribution in [0.5, 0.6) is 0 Å². The number of rotatable bonds is 5. The van der Waals surface area contributed by atoms with Gasteiger partial charge in [0.25, 0.3) is 0 Å². The summed E-state index contributed by atoms with van der Waals surface area (Å²) in [7, 11) is -1.78. The van der Waals surface area contributed by atoms with Crippen LogP contribution in [0.25, 0.3) is 0 Å². The molecule has 0 saturated heterocycles. The monoisotopic (exact) mass is 269 g/mol. The van der Waals surface area contributed by atoms with Crippen LogP contribution in [0, 0.1) is 5.92 Å². The smallest absolute Gasteiger partial charge is 0.243 e. The third kappa shape index (κ3) is 2.58. The topological polar surface area (TPSA) is 57.6 Å². The minimum absolute atomic E-state index is 0.0486. The maximum absolute atomic E-state index is 12.4. The van der Waals surface area contributed by atoms with E-state index < -0.39 is 10.0 Å². The average Bonchev–Trinajstić information content (AvgIpc) is 3.21. The quantitative estimate of drug-likeness (QED) is 0.883. The summed E-state index contributed by atoms with van der Waals surface area (Å²) in [6.45, 7) is 1.88. The summed E-state index contributed by atoms with van der Waals surface area (Å²) in [4.78, 5) is 0.287. The average molecular weight is 269 g/mol. The zero-order valence-electron chi connectivity index (χ0n) is 10.7. The van der Waals surface area contributed by atoms with E-state index in [2.05, 4.69) is 0 Å². The second-order valence-corrected chi connectivity index (χ2v) is 6.90. The van der Waals surface area contributed by atoms with Gasteiger partial charge in [-0.1, -0.05) is 12.1 Å². The van der Waals surface area contributed by atoms with Crippen LogP contribution in [-0.4, -0.2) is 30.9 Å². The molecule has 0 aromatic heterocycles. The number of benzene rings is 1. The highest BCUT2D eigenvalue weighted by molar-refractivity contribution is 7.89. The molecule has 0 radical (unpaired) electrons. The van der Waals surface area contributed by atoms with Gasteiger partial charge in [0.15, 0.2) is 0 Å². The molecule has 1 saturated carbocycles. The van der Waals surface area contributed by atoms with Gasteiger partial charge in [-0.25, -0.2) is 8.42 Å². The summed E-state index contributed by atoms with van der Waals surface area (Å²) in [6, 6.07) is 6.44. The molecule has 1 N–H and O–H groups in total. The van der Waals surface area contributed by atoms with Gasteiger partial charge in [0.2, 0.25) is 10.0 Å². The molecule has 0 aliphatic heterocycles. The molecule has 0 heterocycles. The van der Waals surface area contributed by atoms with Gasteiger partial charge in [0, 0.05) is 13.1 Å². The standard InChI is InChI=1S/C13H19NO3S/c1-10(12-5-6-12)14(2)18(16,17)13-7-3-11(9-15)4-8-13/h3-4,7-8,10,12,15H,5-6,9H2,1-2H3. The third-order valence-electron chi connectivity index (χ3n) is 3.66. The molecule has 1 aromatic carbocycles. The molecule has 5 heteroatoms. The lowest BCUT2D eigenvalue weighted by molar-refractivity contribution is 0.281. The first-order chi connectivity index (χ1) is 8.46. The van der Waals surface area contributed by atoms with Crippen LogP contribution < -0.4 is 0 Å². The molecule has 2 rings (SSSR count). The first-order valence-electron chi connectivity index (χ1n) is 6.14. The van der Waals surface area contributed by atoms with E-state index >= 15 is 0 Å². The highest BCUT2D eigenvalue weighted by atomic mass is 32.2. The Morgan fingerprint density at radius 3 is 2.33 bits per heavy atom. The molecular formula is C13H19NO3S. The van der Waals surface area contributed by atoms with Gasteiger partial charge in [-0.05, 0) is 43.4 Å². The summed E-state index contributed by atoms with van der Waals surface area (Å²) in [5.74, 6) is 0.501. The van der Waals surface area contributed by atoms with Crippen molar-refractivity contribution < 1.29 is 13.5 Å². The first kappa shape index (κ1) is 13.5. The van der Waals surface area contributed by atoms with Crippen LogP contribution in [0.2, 0.25) is 0 Å². The molecule has 1 aliphatic carbocycles. The zero-order chi connectivity index (χ0) is 13.3. The minimum atomic E-state index is -3.42. The van der Waals surface area contributed by atoms with Crippen LogP contribution in [0.1, 0.15) is 25.3 Å². The van der Waals surface area contributed by atoms with Crippen molar-refractivity contribution in [2.24, 2.45) is 5.92 Å². The lowest BCUT2D eigenvalue weighted by atomic mass is 10.2. The van der Waals surface area contributed by atoms with Gasteiger partial charge in [-0.2, -0.15) is 4.31 Å². The lowest BCUT2D eigenvalue weighted by Crippen LogP contribution is -2.36. The molecule has 0 spiro atoms. The molecule has 100 valence electrons. The van der Waals surface area contributed by atoms with Crippen molar-refractivity contribution in [2.75, 3.05) is 7.05 Å². The van der Waals surface area contributed by atoms with Gasteiger partial charge >= 0.3 is 0 Å². The summed E-state index contributed by atoms with van der Waals surface area (Å²) in [5, 5.41) is 8.95. The fourth-order valence-electron chi connectivity index (χ4n) is 2.03. The minimum Gasteiger partial charge on any atom is -0.392 e. The number of hydrogen-bond donors (Lipinski definition) is 1. The predicted octanol–water partition coefficient (Wildman–Crippen LogP) is 1.60. The Labute approximate surface area is 108 Å². The number of nitrogens with zero attached hydrogens (tertiary/aromatic N) is 1. The van der Waals surface area contributed by atoms with Crippen molar-refractivity contribution in [1.82, 2.24) is 4.31 Å². The van der Waals surface area contributed by atoms with E-state index in [0.29, 0.717) is 11.5 Å². The Balaban J connectivity index is 2.23. The summed E-state index contributed by atoms with van der Waals surface area (Å²) in [6.07, 6.45) is 2.23. The number of sulfonamides is 1. The third-order valence-corrected chi connectivity index (χ3v) is 5.62. The maximum atomic E-state index is 12.4. The molecule has 1 aromatic rings. The molecular weight excluding hydrogens is 250 g/mol. The molecule has 0 bridgehead atoms. The maximum Gasteiger partial charge on any atom is 0.243 e. The van der Waals surface area contributed by atoms with E-state index in [1.807, 2.05) is 6.92 Å². The van der Waals surface area contributed by atoms with E-state index in [9.17, 15) is 8.42 Å². The summed E-state index contributed by atoms with van der Waals surface area (Å²) < 4.78 is 26.2. The Bertz CT molecular complexity index is 506. The second kappa shape index (κ2) is 4.99. The van der Waals surface area contributed by atoms with Crippen molar-refractivity contribution in [2.45, 2.75) is 37.3 Å². The number of hydrogen-bond acceptors (Lipinski definition) is 3. The number of aliphatic hydroxyl groups is 1. The SMILES string of the molecule is CC(C1CC1)N(C)S(=O)(=O)c1ccc(CO)cc1. The molecule has 1 aliphatic rings. The van der Waals surface area contributed by atoms with Crippen molar-refractivity contribution in [1.29, 1.82) is 0 Å². The Morgan fingerprint density at radius 2 is 1.89 bits per heavy atom. The molecule has 1 atom stereocenters. The van der Waals surface area contributed by atoms with Crippen molar-refractivity contribution in [3.63, 3.8) is 0 Å². The fourth-order valence-corrected chi connectivity index (χ4v) is 3.45. The highest BCUT2D eigenvalue weighted by Crippen LogP contribution is 2.36. The molecule has 18 heavy (non-hydrogen) atoms. The van der Waals surface area contributed by atoms with Crippen LogP contribution in [0.15, 0.2) is 29.2 Å².